The van der Waals surface area contributed by atoms with Crippen molar-refractivity contribution < 1.29 is 18.0 Å². The molecule has 11 heteroatoms. The van der Waals surface area contributed by atoms with E-state index in [1.807, 2.05) is 0 Å². The average Bonchev–Trinajstić information content (AvgIpc) is 3.06. The van der Waals surface area contributed by atoms with Gasteiger partial charge in [0.05, 0.1) is 38.2 Å². The normalized spacial score (nSPS) is 11.5. The smallest absolute Gasteiger partial charge is 0.320 e. The van der Waals surface area contributed by atoms with E-state index in [-0.39, 0.29) is 26.4 Å². The van der Waals surface area contributed by atoms with Crippen LogP contribution in [0.2, 0.25) is 20.1 Å². The van der Waals surface area contributed by atoms with E-state index >= 15 is 0 Å². The molecule has 1 amide bonds. The Kier molecular flexibility index (Phi) is 5.82. The van der Waals surface area contributed by atoms with Gasteiger partial charge in [0.25, 0.3) is 5.91 Å². The van der Waals surface area contributed by atoms with Gasteiger partial charge in [-0.05, 0) is 36.4 Å². The Hall–Kier alpha value is -1.93. The minimum atomic E-state index is -4.86. The van der Waals surface area contributed by atoms with Crippen LogP contribution in [0.25, 0.3) is 5.69 Å². The molecule has 3 rings (SSSR count). The number of aromatic nitrogens is 2. The van der Waals surface area contributed by atoms with Gasteiger partial charge in [0.15, 0.2) is 5.69 Å². The minimum Gasteiger partial charge on any atom is -0.320 e. The highest BCUT2D eigenvalue weighted by molar-refractivity contribution is 6.44. The second-order valence-corrected chi connectivity index (χ2v) is 7.15. The van der Waals surface area contributed by atoms with Crippen LogP contribution in [0.4, 0.5) is 18.9 Å². The van der Waals surface area contributed by atoms with Crippen LogP contribution in [-0.2, 0) is 6.18 Å². The van der Waals surface area contributed by atoms with Crippen molar-refractivity contribution in [2.75, 3.05) is 5.32 Å². The summed E-state index contributed by atoms with van der Waals surface area (Å²) in [6.07, 6.45) is -4.04. The molecular weight excluding hydrogens is 461 g/mol. The van der Waals surface area contributed by atoms with Crippen LogP contribution in [0.5, 0.6) is 0 Å². The van der Waals surface area contributed by atoms with E-state index in [1.165, 1.54) is 36.4 Å². The maximum Gasteiger partial charge on any atom is 0.434 e. The van der Waals surface area contributed by atoms with Crippen LogP contribution < -0.4 is 5.32 Å². The lowest BCUT2D eigenvalue weighted by Crippen LogP contribution is -2.20. The maximum atomic E-state index is 13.7. The van der Waals surface area contributed by atoms with E-state index in [2.05, 4.69) is 10.4 Å². The van der Waals surface area contributed by atoms with Gasteiger partial charge in [-0.25, -0.2) is 4.68 Å². The Morgan fingerprint density at radius 3 is 2.18 bits per heavy atom. The molecular formula is C17H8Cl4F3N3O. The third-order valence-corrected chi connectivity index (χ3v) is 4.90. The zero-order chi connectivity index (χ0) is 20.6. The first kappa shape index (κ1) is 20.8. The van der Waals surface area contributed by atoms with Gasteiger partial charge in [0.2, 0.25) is 0 Å². The molecule has 2 aromatic carbocycles. The van der Waals surface area contributed by atoms with Gasteiger partial charge >= 0.3 is 6.18 Å². The molecule has 4 nitrogen and oxygen atoms in total. The number of halogens is 7. The Labute approximate surface area is 176 Å². The van der Waals surface area contributed by atoms with Crippen LogP contribution >= 0.6 is 46.4 Å². The fourth-order valence-corrected chi connectivity index (χ4v) is 3.09. The number of rotatable bonds is 3. The summed E-state index contributed by atoms with van der Waals surface area (Å²) in [4.78, 5) is 12.5. The third kappa shape index (κ3) is 4.22. The molecule has 1 N–H and O–H groups in total. The summed E-state index contributed by atoms with van der Waals surface area (Å²) in [5.74, 6) is -1.06. The fourth-order valence-electron chi connectivity index (χ4n) is 2.37. The summed E-state index contributed by atoms with van der Waals surface area (Å²) in [7, 11) is 0. The summed E-state index contributed by atoms with van der Waals surface area (Å²) < 4.78 is 41.6. The van der Waals surface area contributed by atoms with Crippen LogP contribution in [0, 0.1) is 0 Å². The number of carbonyl (C=O) groups is 1. The number of benzene rings is 2. The number of nitrogens with zero attached hydrogens (tertiary/aromatic N) is 2. The Morgan fingerprint density at radius 1 is 0.964 bits per heavy atom. The van der Waals surface area contributed by atoms with Crippen molar-refractivity contribution in [2.45, 2.75) is 6.18 Å². The zero-order valence-corrected chi connectivity index (χ0v) is 16.5. The molecule has 0 saturated carbocycles. The summed E-state index contributed by atoms with van der Waals surface area (Å²) in [5, 5.41) is 6.58. The zero-order valence-electron chi connectivity index (χ0n) is 13.5. The molecule has 146 valence electrons. The predicted octanol–water partition coefficient (Wildman–Crippen LogP) is 6.76. The van der Waals surface area contributed by atoms with Crippen LogP contribution in [-0.4, -0.2) is 15.7 Å². The molecule has 0 radical (unpaired) electrons. The van der Waals surface area contributed by atoms with Gasteiger partial charge in [0, 0.05) is 5.02 Å². The Balaban J connectivity index is 2.03. The van der Waals surface area contributed by atoms with E-state index in [1.54, 1.807) is 0 Å². The number of hydrogen-bond donors (Lipinski definition) is 1. The van der Waals surface area contributed by atoms with Gasteiger partial charge in [-0.1, -0.05) is 46.4 Å². The molecule has 3 aromatic rings. The lowest BCUT2D eigenvalue weighted by atomic mass is 10.2. The molecule has 0 saturated heterocycles. The molecule has 0 spiro atoms. The summed E-state index contributed by atoms with van der Waals surface area (Å²) in [6, 6.07) is 8.02. The molecule has 28 heavy (non-hydrogen) atoms. The Morgan fingerprint density at radius 2 is 1.57 bits per heavy atom. The van der Waals surface area contributed by atoms with E-state index in [9.17, 15) is 18.0 Å². The standard InChI is InChI=1S/C17H8Cl4F3N3O/c18-8-1-3-9(4-2-8)27-15(17(22,23)24)10(7-25-27)16(28)26-14-6-12(20)11(19)5-13(14)21/h1-7H,(H,26,28). The van der Waals surface area contributed by atoms with Gasteiger partial charge in [0.1, 0.15) is 0 Å². The fraction of sp³-hybridized carbons (Fsp3) is 0.0588. The number of anilines is 1. The number of hydrogen-bond acceptors (Lipinski definition) is 2. The summed E-state index contributed by atoms with van der Waals surface area (Å²) in [6.45, 7) is 0. The lowest BCUT2D eigenvalue weighted by molar-refractivity contribution is -0.143. The molecule has 1 heterocycles. The van der Waals surface area contributed by atoms with E-state index in [0.29, 0.717) is 9.70 Å². The van der Waals surface area contributed by atoms with E-state index < -0.39 is 23.3 Å². The third-order valence-electron chi connectivity index (χ3n) is 3.61. The van der Waals surface area contributed by atoms with Gasteiger partial charge in [-0.2, -0.15) is 18.3 Å². The summed E-state index contributed by atoms with van der Waals surface area (Å²) in [5.41, 5.74) is -1.84. The SMILES string of the molecule is O=C(Nc1cc(Cl)c(Cl)cc1Cl)c1cnn(-c2ccc(Cl)cc2)c1C(F)(F)F. The largest absolute Gasteiger partial charge is 0.434 e. The monoisotopic (exact) mass is 467 g/mol. The number of amides is 1. The van der Waals surface area contributed by atoms with Crippen LogP contribution in [0.3, 0.4) is 0 Å². The van der Waals surface area contributed by atoms with Crippen LogP contribution in [0.1, 0.15) is 16.1 Å². The number of nitrogens with one attached hydrogen (secondary N) is 1. The quantitative estimate of drug-likeness (QED) is 0.432. The first-order valence-corrected chi connectivity index (χ1v) is 8.96. The van der Waals surface area contributed by atoms with Crippen molar-refractivity contribution >= 4 is 58.0 Å². The minimum absolute atomic E-state index is 0.00781. The first-order chi connectivity index (χ1) is 13.1. The molecule has 0 aliphatic carbocycles. The molecule has 0 atom stereocenters. The molecule has 0 aliphatic heterocycles. The average molecular weight is 469 g/mol. The maximum absolute atomic E-state index is 13.7. The van der Waals surface area contributed by atoms with Crippen LogP contribution in [0.15, 0.2) is 42.6 Å². The highest BCUT2D eigenvalue weighted by Gasteiger charge is 2.40. The van der Waals surface area contributed by atoms with E-state index in [0.717, 1.165) is 6.20 Å². The van der Waals surface area contributed by atoms with Gasteiger partial charge in [-0.3, -0.25) is 4.79 Å². The highest BCUT2D eigenvalue weighted by Crippen LogP contribution is 2.36. The van der Waals surface area contributed by atoms with Crippen molar-refractivity contribution in [3.05, 3.63) is 73.9 Å². The molecule has 0 unspecified atom stereocenters. The molecule has 0 bridgehead atoms. The lowest BCUT2D eigenvalue weighted by Gasteiger charge is -2.13. The van der Waals surface area contributed by atoms with Gasteiger partial charge in [-0.15, -0.1) is 0 Å². The highest BCUT2D eigenvalue weighted by atomic mass is 35.5. The second kappa shape index (κ2) is 7.83. The molecule has 0 fully saturated rings. The second-order valence-electron chi connectivity index (χ2n) is 5.49. The predicted molar refractivity (Wildman–Crippen MR) is 103 cm³/mol. The Bertz CT molecular complexity index is 1050. The number of carbonyl (C=O) groups excluding carboxylic acids is 1. The van der Waals surface area contributed by atoms with Gasteiger partial charge < -0.3 is 5.32 Å². The summed E-state index contributed by atoms with van der Waals surface area (Å²) >= 11 is 23.4. The van der Waals surface area contributed by atoms with Crippen molar-refractivity contribution in [3.8, 4) is 5.69 Å². The topological polar surface area (TPSA) is 46.9 Å². The van der Waals surface area contributed by atoms with Crippen molar-refractivity contribution in [1.29, 1.82) is 0 Å². The molecule has 0 aliphatic rings. The number of alkyl halides is 3. The van der Waals surface area contributed by atoms with Crippen molar-refractivity contribution in [1.82, 2.24) is 9.78 Å². The van der Waals surface area contributed by atoms with Crippen molar-refractivity contribution in [3.63, 3.8) is 0 Å². The molecule has 1 aromatic heterocycles. The van der Waals surface area contributed by atoms with Crippen molar-refractivity contribution in [2.24, 2.45) is 0 Å². The first-order valence-electron chi connectivity index (χ1n) is 7.45. The van der Waals surface area contributed by atoms with E-state index in [4.69, 9.17) is 46.4 Å².